The number of alkyl halides is 3. The van der Waals surface area contributed by atoms with Crippen molar-refractivity contribution in [1.29, 1.82) is 0 Å². The van der Waals surface area contributed by atoms with Crippen molar-refractivity contribution >= 4 is 11.9 Å². The number of benzene rings is 3. The van der Waals surface area contributed by atoms with E-state index in [0.717, 1.165) is 17.5 Å². The van der Waals surface area contributed by atoms with Gasteiger partial charge in [0.05, 0.1) is 11.1 Å². The number of ether oxygens (including phenoxy) is 3. The maximum Gasteiger partial charge on any atom is 0.425 e. The Balaban J connectivity index is 1.49. The van der Waals surface area contributed by atoms with Gasteiger partial charge in [-0.2, -0.15) is 13.2 Å². The number of carbonyl (C=O) groups is 2. The van der Waals surface area contributed by atoms with Gasteiger partial charge in [-0.25, -0.2) is 9.59 Å². The number of halogens is 3. The quantitative estimate of drug-likeness (QED) is 0.0753. The van der Waals surface area contributed by atoms with Gasteiger partial charge >= 0.3 is 18.1 Å². The van der Waals surface area contributed by atoms with Crippen LogP contribution in [0.5, 0.6) is 5.75 Å². The first-order valence-corrected chi connectivity index (χ1v) is 16.1. The van der Waals surface area contributed by atoms with E-state index in [4.69, 9.17) is 14.2 Å². The van der Waals surface area contributed by atoms with Crippen LogP contribution in [0.1, 0.15) is 104 Å². The average molecular weight is 627 g/mol. The molecule has 0 aliphatic rings. The summed E-state index contributed by atoms with van der Waals surface area (Å²) in [5, 5.41) is 0. The molecule has 0 N–H and O–H groups in total. The Labute approximate surface area is 265 Å². The first-order valence-electron chi connectivity index (χ1n) is 16.1. The minimum absolute atomic E-state index is 0.0669. The highest BCUT2D eigenvalue weighted by atomic mass is 19.4. The molecular weight excluding hydrogens is 581 g/mol. The SMILES string of the molecule is CCCCCCCCc1ccc(-c2ccc(C(=O)Oc3ccc(C(=O)O[C@H](CCCCCOCC)C(F)(F)F)cc3)cc2)cc1. The summed E-state index contributed by atoms with van der Waals surface area (Å²) >= 11 is 0. The fourth-order valence-electron chi connectivity index (χ4n) is 4.94. The molecule has 0 aliphatic heterocycles. The van der Waals surface area contributed by atoms with Crippen LogP contribution in [0.25, 0.3) is 11.1 Å². The van der Waals surface area contributed by atoms with Gasteiger partial charge in [-0.3, -0.25) is 0 Å². The molecule has 0 saturated heterocycles. The molecule has 0 unspecified atom stereocenters. The van der Waals surface area contributed by atoms with E-state index in [2.05, 4.69) is 31.2 Å². The second-order valence-electron chi connectivity index (χ2n) is 11.2. The highest BCUT2D eigenvalue weighted by Crippen LogP contribution is 2.28. The molecule has 0 radical (unpaired) electrons. The van der Waals surface area contributed by atoms with Crippen LogP contribution in [0.15, 0.2) is 72.8 Å². The third-order valence-electron chi connectivity index (χ3n) is 7.60. The van der Waals surface area contributed by atoms with Crippen molar-refractivity contribution in [3.63, 3.8) is 0 Å². The molecule has 5 nitrogen and oxygen atoms in total. The number of esters is 2. The number of rotatable bonds is 19. The summed E-state index contributed by atoms with van der Waals surface area (Å²) in [6.45, 7) is 5.12. The Hall–Kier alpha value is -3.65. The lowest BCUT2D eigenvalue weighted by atomic mass is 10.00. The molecule has 8 heteroatoms. The van der Waals surface area contributed by atoms with Gasteiger partial charge in [0.25, 0.3) is 0 Å². The summed E-state index contributed by atoms with van der Waals surface area (Å²) in [5.74, 6) is -1.52. The van der Waals surface area contributed by atoms with Crippen LogP contribution in [0, 0.1) is 0 Å². The zero-order valence-corrected chi connectivity index (χ0v) is 26.4. The van der Waals surface area contributed by atoms with Crippen molar-refractivity contribution in [3.8, 4) is 16.9 Å². The molecule has 0 bridgehead atoms. The van der Waals surface area contributed by atoms with Crippen molar-refractivity contribution in [1.82, 2.24) is 0 Å². The van der Waals surface area contributed by atoms with Gasteiger partial charge < -0.3 is 14.2 Å². The lowest BCUT2D eigenvalue weighted by Gasteiger charge is -2.20. The Morgan fingerprint density at radius 3 is 1.84 bits per heavy atom. The normalized spacial score (nSPS) is 12.1. The molecule has 0 fully saturated rings. The second kappa shape index (κ2) is 19.0. The smallest absolute Gasteiger partial charge is 0.425 e. The van der Waals surface area contributed by atoms with E-state index in [1.165, 1.54) is 68.4 Å². The molecule has 3 rings (SSSR count). The molecule has 0 aliphatic carbocycles. The summed E-state index contributed by atoms with van der Waals surface area (Å²) < 4.78 is 55.8. The van der Waals surface area contributed by atoms with Gasteiger partial charge in [-0.1, -0.05) is 81.8 Å². The molecular formula is C37H45F3O5. The van der Waals surface area contributed by atoms with Gasteiger partial charge in [0, 0.05) is 13.2 Å². The van der Waals surface area contributed by atoms with Gasteiger partial charge in [-0.05, 0) is 92.1 Å². The van der Waals surface area contributed by atoms with Crippen molar-refractivity contribution in [3.05, 3.63) is 89.5 Å². The van der Waals surface area contributed by atoms with Crippen LogP contribution in [-0.4, -0.2) is 37.4 Å². The Bertz CT molecular complexity index is 1290. The van der Waals surface area contributed by atoms with Gasteiger partial charge in [-0.15, -0.1) is 0 Å². The van der Waals surface area contributed by atoms with Crippen molar-refractivity contribution < 1.29 is 37.0 Å². The molecule has 3 aromatic carbocycles. The van der Waals surface area contributed by atoms with Crippen LogP contribution in [0.3, 0.4) is 0 Å². The molecule has 0 heterocycles. The van der Waals surface area contributed by atoms with Crippen LogP contribution in [-0.2, 0) is 15.9 Å². The van der Waals surface area contributed by atoms with Crippen molar-refractivity contribution in [2.24, 2.45) is 0 Å². The summed E-state index contributed by atoms with van der Waals surface area (Å²) in [6, 6.07) is 20.8. The Morgan fingerprint density at radius 1 is 0.667 bits per heavy atom. The van der Waals surface area contributed by atoms with Crippen LogP contribution in [0.2, 0.25) is 0 Å². The zero-order chi connectivity index (χ0) is 32.5. The van der Waals surface area contributed by atoms with Gasteiger partial charge in [0.15, 0.2) is 6.10 Å². The van der Waals surface area contributed by atoms with E-state index in [-0.39, 0.29) is 24.2 Å². The number of unbranched alkanes of at least 4 members (excludes halogenated alkanes) is 7. The van der Waals surface area contributed by atoms with E-state index in [1.807, 2.05) is 19.1 Å². The van der Waals surface area contributed by atoms with Crippen LogP contribution >= 0.6 is 0 Å². The highest BCUT2D eigenvalue weighted by molar-refractivity contribution is 5.92. The summed E-state index contributed by atoms with van der Waals surface area (Å²) in [6.07, 6.45) is 2.96. The minimum Gasteiger partial charge on any atom is -0.449 e. The van der Waals surface area contributed by atoms with Gasteiger partial charge in [0.1, 0.15) is 5.75 Å². The lowest BCUT2D eigenvalue weighted by Crippen LogP contribution is -2.33. The topological polar surface area (TPSA) is 61.8 Å². The third kappa shape index (κ3) is 12.7. The van der Waals surface area contributed by atoms with Crippen LogP contribution in [0.4, 0.5) is 13.2 Å². The predicted octanol–water partition coefficient (Wildman–Crippen LogP) is 10.2. The average Bonchev–Trinajstić information content (AvgIpc) is 3.04. The molecule has 244 valence electrons. The fourth-order valence-corrected chi connectivity index (χ4v) is 4.94. The molecule has 0 spiro atoms. The summed E-state index contributed by atoms with van der Waals surface area (Å²) in [7, 11) is 0. The molecule has 45 heavy (non-hydrogen) atoms. The fraction of sp³-hybridized carbons (Fsp3) is 0.459. The first-order chi connectivity index (χ1) is 21.7. The molecule has 0 amide bonds. The second-order valence-corrected chi connectivity index (χ2v) is 11.2. The molecule has 0 aromatic heterocycles. The minimum atomic E-state index is -4.67. The zero-order valence-electron chi connectivity index (χ0n) is 26.4. The summed E-state index contributed by atoms with van der Waals surface area (Å²) in [5.41, 5.74) is 3.62. The van der Waals surface area contributed by atoms with Crippen molar-refractivity contribution in [2.75, 3.05) is 13.2 Å². The van der Waals surface area contributed by atoms with E-state index in [1.54, 1.807) is 12.1 Å². The number of hydrogen-bond acceptors (Lipinski definition) is 5. The monoisotopic (exact) mass is 626 g/mol. The highest BCUT2D eigenvalue weighted by Gasteiger charge is 2.42. The van der Waals surface area contributed by atoms with Gasteiger partial charge in [0.2, 0.25) is 0 Å². The lowest BCUT2D eigenvalue weighted by molar-refractivity contribution is -0.206. The van der Waals surface area contributed by atoms with E-state index in [9.17, 15) is 22.8 Å². The largest absolute Gasteiger partial charge is 0.449 e. The molecule has 0 saturated carbocycles. The molecule has 1 atom stereocenters. The Morgan fingerprint density at radius 2 is 1.22 bits per heavy atom. The predicted molar refractivity (Wildman–Crippen MR) is 171 cm³/mol. The van der Waals surface area contributed by atoms with E-state index >= 15 is 0 Å². The first kappa shape index (κ1) is 35.8. The number of carbonyl (C=O) groups excluding carboxylic acids is 2. The summed E-state index contributed by atoms with van der Waals surface area (Å²) in [4.78, 5) is 25.1. The molecule has 3 aromatic rings. The van der Waals surface area contributed by atoms with Crippen LogP contribution < -0.4 is 4.74 Å². The van der Waals surface area contributed by atoms with E-state index in [0.29, 0.717) is 31.6 Å². The van der Waals surface area contributed by atoms with E-state index < -0.39 is 24.2 Å². The number of aryl methyl sites for hydroxylation is 1. The maximum absolute atomic E-state index is 13.5. The van der Waals surface area contributed by atoms with Crippen molar-refractivity contribution in [2.45, 2.75) is 96.8 Å². The standard InChI is InChI=1S/C37H45F3O5/c1-3-5-6-7-8-10-13-28-15-17-29(18-16-28)30-19-21-31(22-20-30)35(41)44-33-25-23-32(24-26-33)36(42)45-34(37(38,39)40)14-11-9-12-27-43-4-2/h15-26,34H,3-14,27H2,1-2H3/t34-/m1/s1. The number of hydrogen-bond donors (Lipinski definition) is 0. The Kier molecular flexibility index (Phi) is 15.1. The maximum atomic E-state index is 13.5. The third-order valence-corrected chi connectivity index (χ3v) is 7.60.